The number of nitrogens with zero attached hydrogens (tertiary/aromatic N) is 2. The van der Waals surface area contributed by atoms with Crippen LogP contribution in [0.15, 0.2) is 29.3 Å². The molecule has 0 heterocycles. The number of hydrogen-bond acceptors (Lipinski definition) is 3. The molecule has 1 amide bonds. The first-order valence-electron chi connectivity index (χ1n) is 6.98. The predicted molar refractivity (Wildman–Crippen MR) is 90.6 cm³/mol. The fourth-order valence-electron chi connectivity index (χ4n) is 1.57. The van der Waals surface area contributed by atoms with Gasteiger partial charge in [0.05, 0.1) is 13.1 Å². The molecule has 0 unspecified atom stereocenters. The summed E-state index contributed by atoms with van der Waals surface area (Å²) in [5.74, 6) is 1.17. The number of hydrogen-bond donors (Lipinski definition) is 2. The van der Waals surface area contributed by atoms with E-state index < -0.39 is 0 Å². The average molecular weight is 326 g/mol. The Bertz CT molecular complexity index is 508. The Labute approximate surface area is 135 Å². The lowest BCUT2D eigenvalue weighted by Crippen LogP contribution is -2.43. The largest absolute Gasteiger partial charge is 0.356 e. The second-order valence-electron chi connectivity index (χ2n) is 4.86. The van der Waals surface area contributed by atoms with Crippen molar-refractivity contribution in [3.8, 4) is 0 Å². The molecular formula is C15H23FN4OS. The fraction of sp³-hybridized carbons (Fsp3) is 0.467. The van der Waals surface area contributed by atoms with Crippen LogP contribution < -0.4 is 10.6 Å². The van der Waals surface area contributed by atoms with Gasteiger partial charge in [0.1, 0.15) is 5.82 Å². The van der Waals surface area contributed by atoms with Crippen molar-refractivity contribution < 1.29 is 9.18 Å². The summed E-state index contributed by atoms with van der Waals surface area (Å²) < 4.78 is 13.2. The van der Waals surface area contributed by atoms with E-state index in [-0.39, 0.29) is 18.3 Å². The number of carbonyl (C=O) groups excluding carboxylic acids is 1. The van der Waals surface area contributed by atoms with Crippen molar-refractivity contribution in [2.45, 2.75) is 6.54 Å². The zero-order valence-corrected chi connectivity index (χ0v) is 14.0. The number of likely N-dealkylation sites (N-methyl/N-ethyl adjacent to an activating group) is 1. The lowest BCUT2D eigenvalue weighted by atomic mass is 10.2. The number of carbonyl (C=O) groups is 1. The van der Waals surface area contributed by atoms with E-state index >= 15 is 0 Å². The number of rotatable bonds is 7. The minimum Gasteiger partial charge on any atom is -0.356 e. The van der Waals surface area contributed by atoms with Gasteiger partial charge in [0.2, 0.25) is 5.91 Å². The normalized spacial score (nSPS) is 11.2. The molecule has 0 aromatic heterocycles. The predicted octanol–water partition coefficient (Wildman–Crippen LogP) is 1.31. The highest BCUT2D eigenvalue weighted by molar-refractivity contribution is 7.98. The number of aliphatic imine (C=N–C) groups is 1. The van der Waals surface area contributed by atoms with Gasteiger partial charge in [0.25, 0.3) is 0 Å². The number of halogens is 1. The number of nitrogens with one attached hydrogen (secondary N) is 2. The van der Waals surface area contributed by atoms with Crippen molar-refractivity contribution in [2.24, 2.45) is 4.99 Å². The summed E-state index contributed by atoms with van der Waals surface area (Å²) in [4.78, 5) is 17.5. The summed E-state index contributed by atoms with van der Waals surface area (Å²) >= 11 is 1.72. The van der Waals surface area contributed by atoms with E-state index in [1.54, 1.807) is 31.9 Å². The third-order valence-electron chi connectivity index (χ3n) is 2.81. The van der Waals surface area contributed by atoms with Gasteiger partial charge in [0.15, 0.2) is 5.96 Å². The van der Waals surface area contributed by atoms with Crippen LogP contribution in [0.3, 0.4) is 0 Å². The van der Waals surface area contributed by atoms with Crippen LogP contribution in [0.5, 0.6) is 0 Å². The van der Waals surface area contributed by atoms with Gasteiger partial charge in [-0.15, -0.1) is 0 Å². The van der Waals surface area contributed by atoms with Crippen LogP contribution in [0.25, 0.3) is 0 Å². The SMILES string of the molecule is CSCCNC(=NCc1cccc(F)c1)NCC(=O)N(C)C. The summed E-state index contributed by atoms with van der Waals surface area (Å²) in [7, 11) is 3.41. The molecule has 0 aliphatic carbocycles. The van der Waals surface area contributed by atoms with Crippen molar-refractivity contribution in [3.05, 3.63) is 35.6 Å². The maximum absolute atomic E-state index is 13.2. The van der Waals surface area contributed by atoms with Crippen LogP contribution >= 0.6 is 11.8 Å². The van der Waals surface area contributed by atoms with Gasteiger partial charge in [-0.1, -0.05) is 12.1 Å². The molecular weight excluding hydrogens is 303 g/mol. The van der Waals surface area contributed by atoms with Gasteiger partial charge < -0.3 is 15.5 Å². The molecule has 0 radical (unpaired) electrons. The molecule has 122 valence electrons. The Morgan fingerprint density at radius 3 is 2.77 bits per heavy atom. The van der Waals surface area contributed by atoms with Crippen molar-refractivity contribution in [1.29, 1.82) is 0 Å². The average Bonchev–Trinajstić information content (AvgIpc) is 2.49. The molecule has 0 saturated heterocycles. The molecule has 0 aliphatic heterocycles. The molecule has 22 heavy (non-hydrogen) atoms. The molecule has 0 saturated carbocycles. The second kappa shape index (κ2) is 10.0. The maximum Gasteiger partial charge on any atom is 0.241 e. The van der Waals surface area contributed by atoms with Gasteiger partial charge in [0, 0.05) is 26.4 Å². The van der Waals surface area contributed by atoms with Gasteiger partial charge in [-0.2, -0.15) is 11.8 Å². The third kappa shape index (κ3) is 7.31. The molecule has 7 heteroatoms. The van der Waals surface area contributed by atoms with Crippen LogP contribution in [-0.4, -0.2) is 56.0 Å². The van der Waals surface area contributed by atoms with E-state index in [0.29, 0.717) is 12.5 Å². The second-order valence-corrected chi connectivity index (χ2v) is 5.84. The highest BCUT2D eigenvalue weighted by Gasteiger charge is 2.05. The molecule has 0 fully saturated rings. The quantitative estimate of drug-likeness (QED) is 0.451. The van der Waals surface area contributed by atoms with Crippen molar-refractivity contribution in [1.82, 2.24) is 15.5 Å². The summed E-state index contributed by atoms with van der Waals surface area (Å²) in [5.41, 5.74) is 0.782. The molecule has 0 aliphatic rings. The van der Waals surface area contributed by atoms with Crippen LogP contribution in [0.2, 0.25) is 0 Å². The van der Waals surface area contributed by atoms with Crippen LogP contribution in [0.1, 0.15) is 5.56 Å². The van der Waals surface area contributed by atoms with E-state index in [1.165, 1.54) is 17.0 Å². The molecule has 1 rings (SSSR count). The standard InChI is InChI=1S/C15H23FN4OS/c1-20(2)14(21)11-19-15(17-7-8-22-3)18-10-12-5-4-6-13(16)9-12/h4-6,9H,7-8,10-11H2,1-3H3,(H2,17,18,19). The molecule has 1 aromatic rings. The molecule has 0 atom stereocenters. The Hall–Kier alpha value is -1.76. The van der Waals surface area contributed by atoms with E-state index in [9.17, 15) is 9.18 Å². The summed E-state index contributed by atoms with van der Waals surface area (Å²) in [6.45, 7) is 1.26. The summed E-state index contributed by atoms with van der Waals surface area (Å²) in [5, 5.41) is 6.14. The molecule has 2 N–H and O–H groups in total. The molecule has 0 spiro atoms. The Morgan fingerprint density at radius 2 is 2.14 bits per heavy atom. The Morgan fingerprint density at radius 1 is 1.36 bits per heavy atom. The van der Waals surface area contributed by atoms with Gasteiger partial charge in [-0.3, -0.25) is 4.79 Å². The molecule has 5 nitrogen and oxygen atoms in total. The Kier molecular flexibility index (Phi) is 8.35. The van der Waals surface area contributed by atoms with Crippen LogP contribution in [0.4, 0.5) is 4.39 Å². The van der Waals surface area contributed by atoms with Crippen LogP contribution in [-0.2, 0) is 11.3 Å². The number of thioether (sulfide) groups is 1. The number of amides is 1. The van der Waals surface area contributed by atoms with Gasteiger partial charge in [-0.05, 0) is 24.0 Å². The first kappa shape index (κ1) is 18.3. The Balaban J connectivity index is 2.62. The topological polar surface area (TPSA) is 56.7 Å². The van der Waals surface area contributed by atoms with Gasteiger partial charge >= 0.3 is 0 Å². The van der Waals surface area contributed by atoms with E-state index in [2.05, 4.69) is 15.6 Å². The molecule has 0 bridgehead atoms. The third-order valence-corrected chi connectivity index (χ3v) is 3.43. The molecule has 1 aromatic carbocycles. The number of benzene rings is 1. The number of guanidine groups is 1. The van der Waals surface area contributed by atoms with E-state index in [0.717, 1.165) is 17.9 Å². The minimum atomic E-state index is -0.277. The van der Waals surface area contributed by atoms with E-state index in [4.69, 9.17) is 0 Å². The van der Waals surface area contributed by atoms with Crippen molar-refractivity contribution in [2.75, 3.05) is 39.2 Å². The maximum atomic E-state index is 13.2. The van der Waals surface area contributed by atoms with Crippen molar-refractivity contribution >= 4 is 23.6 Å². The monoisotopic (exact) mass is 326 g/mol. The highest BCUT2D eigenvalue weighted by Crippen LogP contribution is 2.04. The van der Waals surface area contributed by atoms with Crippen molar-refractivity contribution in [3.63, 3.8) is 0 Å². The van der Waals surface area contributed by atoms with Gasteiger partial charge in [-0.25, -0.2) is 9.38 Å². The van der Waals surface area contributed by atoms with E-state index in [1.807, 2.05) is 12.3 Å². The highest BCUT2D eigenvalue weighted by atomic mass is 32.2. The smallest absolute Gasteiger partial charge is 0.241 e. The lowest BCUT2D eigenvalue weighted by Gasteiger charge is -2.14. The fourth-order valence-corrected chi connectivity index (χ4v) is 1.88. The zero-order chi connectivity index (χ0) is 16.4. The first-order chi connectivity index (χ1) is 10.5. The van der Waals surface area contributed by atoms with Crippen LogP contribution in [0, 0.1) is 5.82 Å². The summed E-state index contributed by atoms with van der Waals surface area (Å²) in [6, 6.07) is 6.33. The lowest BCUT2D eigenvalue weighted by molar-refractivity contribution is -0.127. The minimum absolute atomic E-state index is 0.0369. The first-order valence-corrected chi connectivity index (χ1v) is 8.38. The summed E-state index contributed by atoms with van der Waals surface area (Å²) in [6.07, 6.45) is 2.02. The zero-order valence-electron chi connectivity index (χ0n) is 13.2.